The van der Waals surface area contributed by atoms with Crippen molar-refractivity contribution < 1.29 is 26.4 Å². The van der Waals surface area contributed by atoms with Crippen LogP contribution < -0.4 is 9.21 Å². The molecule has 1 aromatic heterocycles. The van der Waals surface area contributed by atoms with Crippen LogP contribution in [-0.2, 0) is 22.6 Å². The molecular formula is C21H23F3N4O3S. The van der Waals surface area contributed by atoms with Crippen molar-refractivity contribution in [3.63, 3.8) is 0 Å². The van der Waals surface area contributed by atoms with Gasteiger partial charge in [-0.3, -0.25) is 9.10 Å². The summed E-state index contributed by atoms with van der Waals surface area (Å²) in [5.74, 6) is 0.304. The van der Waals surface area contributed by atoms with Crippen molar-refractivity contribution in [1.29, 1.82) is 0 Å². The number of amides is 1. The zero-order valence-corrected chi connectivity index (χ0v) is 18.3. The molecule has 172 valence electrons. The van der Waals surface area contributed by atoms with Crippen LogP contribution in [0.25, 0.3) is 0 Å². The zero-order valence-electron chi connectivity index (χ0n) is 17.5. The average molecular weight is 469 g/mol. The van der Waals surface area contributed by atoms with Gasteiger partial charge < -0.3 is 9.80 Å². The van der Waals surface area contributed by atoms with Gasteiger partial charge in [-0.1, -0.05) is 0 Å². The number of alkyl halides is 3. The number of hydrogen-bond acceptors (Lipinski definition) is 5. The van der Waals surface area contributed by atoms with E-state index in [1.165, 1.54) is 10.4 Å². The third kappa shape index (κ3) is 4.52. The lowest BCUT2D eigenvalue weighted by atomic mass is 10.1. The van der Waals surface area contributed by atoms with E-state index < -0.39 is 21.8 Å². The van der Waals surface area contributed by atoms with Crippen LogP contribution in [0.4, 0.5) is 24.7 Å². The highest BCUT2D eigenvalue weighted by atomic mass is 32.2. The summed E-state index contributed by atoms with van der Waals surface area (Å²) in [6.45, 7) is 2.33. The van der Waals surface area contributed by atoms with E-state index in [1.807, 2.05) is 4.90 Å². The van der Waals surface area contributed by atoms with Crippen LogP contribution in [0.3, 0.4) is 0 Å². The third-order valence-corrected chi connectivity index (χ3v) is 6.94. The van der Waals surface area contributed by atoms with Crippen molar-refractivity contribution in [3.05, 3.63) is 53.2 Å². The monoisotopic (exact) mass is 468 g/mol. The molecule has 7 nitrogen and oxygen atoms in total. The van der Waals surface area contributed by atoms with Crippen LogP contribution >= 0.6 is 0 Å². The Kier molecular flexibility index (Phi) is 5.78. The predicted octanol–water partition coefficient (Wildman–Crippen LogP) is 2.78. The fourth-order valence-electron chi connectivity index (χ4n) is 4.12. The normalized spacial score (nSPS) is 17.3. The summed E-state index contributed by atoms with van der Waals surface area (Å²) in [4.78, 5) is 20.6. The first-order valence-corrected chi connectivity index (χ1v) is 12.1. The van der Waals surface area contributed by atoms with Crippen LogP contribution in [-0.4, -0.2) is 63.2 Å². The lowest BCUT2D eigenvalue weighted by molar-refractivity contribution is -0.137. The fourth-order valence-corrected chi connectivity index (χ4v) is 5.08. The SMILES string of the molecule is CS(=O)(=O)N1CCc2cc(C(=O)N3CCCN(c4ccc(C(F)(F)F)cn4)CC3)ccc21. The van der Waals surface area contributed by atoms with E-state index in [-0.39, 0.29) is 5.91 Å². The van der Waals surface area contributed by atoms with Crippen LogP contribution in [0.5, 0.6) is 0 Å². The first-order valence-electron chi connectivity index (χ1n) is 10.2. The number of sulfonamides is 1. The Labute approximate surface area is 184 Å². The number of anilines is 2. The standard InChI is InChI=1S/C21H23F3N4O3S/c1-32(30,31)28-10-7-15-13-16(3-5-18(15)28)20(29)27-9-2-8-26(11-12-27)19-6-4-17(14-25-19)21(22,23)24/h3-6,13-14H,2,7-12H2,1H3. The molecule has 1 saturated heterocycles. The number of nitrogens with zero attached hydrogens (tertiary/aromatic N) is 4. The van der Waals surface area contributed by atoms with Crippen molar-refractivity contribution in [2.24, 2.45) is 0 Å². The van der Waals surface area contributed by atoms with Crippen molar-refractivity contribution in [1.82, 2.24) is 9.88 Å². The predicted molar refractivity (Wildman–Crippen MR) is 114 cm³/mol. The van der Waals surface area contributed by atoms with Crippen molar-refractivity contribution in [2.45, 2.75) is 19.0 Å². The topological polar surface area (TPSA) is 73.8 Å². The van der Waals surface area contributed by atoms with E-state index in [4.69, 9.17) is 0 Å². The lowest BCUT2D eigenvalue weighted by Gasteiger charge is -2.23. The van der Waals surface area contributed by atoms with Crippen LogP contribution in [0.1, 0.15) is 27.9 Å². The van der Waals surface area contributed by atoms with Crippen LogP contribution in [0.15, 0.2) is 36.5 Å². The number of pyridine rings is 1. The molecular weight excluding hydrogens is 445 g/mol. The molecule has 0 bridgehead atoms. The minimum Gasteiger partial charge on any atom is -0.355 e. The Morgan fingerprint density at radius 1 is 1.03 bits per heavy atom. The highest BCUT2D eigenvalue weighted by Crippen LogP contribution is 2.32. The molecule has 1 fully saturated rings. The van der Waals surface area contributed by atoms with Gasteiger partial charge in [0, 0.05) is 44.5 Å². The summed E-state index contributed by atoms with van der Waals surface area (Å²) >= 11 is 0. The number of carbonyl (C=O) groups excluding carboxylic acids is 1. The Morgan fingerprint density at radius 3 is 2.47 bits per heavy atom. The molecule has 2 aromatic rings. The molecule has 2 aliphatic rings. The average Bonchev–Trinajstić information content (AvgIpc) is 3.02. The van der Waals surface area contributed by atoms with Gasteiger partial charge in [-0.2, -0.15) is 13.2 Å². The van der Waals surface area contributed by atoms with Gasteiger partial charge in [0.2, 0.25) is 10.0 Å². The van der Waals surface area contributed by atoms with Gasteiger partial charge in [0.1, 0.15) is 5.82 Å². The minimum atomic E-state index is -4.43. The first kappa shape index (κ1) is 22.4. The van der Waals surface area contributed by atoms with Crippen LogP contribution in [0.2, 0.25) is 0 Å². The van der Waals surface area contributed by atoms with Crippen molar-refractivity contribution in [2.75, 3.05) is 48.2 Å². The van der Waals surface area contributed by atoms with Gasteiger partial charge in [-0.15, -0.1) is 0 Å². The molecule has 1 aromatic carbocycles. The number of benzene rings is 1. The molecule has 32 heavy (non-hydrogen) atoms. The first-order chi connectivity index (χ1) is 15.0. The summed E-state index contributed by atoms with van der Waals surface area (Å²) in [5, 5.41) is 0. The highest BCUT2D eigenvalue weighted by molar-refractivity contribution is 7.92. The second-order valence-electron chi connectivity index (χ2n) is 7.96. The molecule has 3 heterocycles. The van der Waals surface area contributed by atoms with Crippen LogP contribution in [0, 0.1) is 0 Å². The maximum atomic E-state index is 13.1. The van der Waals surface area contributed by atoms with E-state index in [1.54, 1.807) is 23.1 Å². The van der Waals surface area contributed by atoms with Crippen molar-refractivity contribution in [3.8, 4) is 0 Å². The summed E-state index contributed by atoms with van der Waals surface area (Å²) in [6, 6.07) is 7.44. The molecule has 0 spiro atoms. The molecule has 0 radical (unpaired) electrons. The molecule has 0 saturated carbocycles. The van der Waals surface area contributed by atoms with Gasteiger partial charge in [0.25, 0.3) is 5.91 Å². The Morgan fingerprint density at radius 2 is 1.81 bits per heavy atom. The second kappa shape index (κ2) is 8.27. The Bertz CT molecular complexity index is 1120. The zero-order chi connectivity index (χ0) is 23.1. The van der Waals surface area contributed by atoms with Gasteiger partial charge >= 0.3 is 6.18 Å². The van der Waals surface area contributed by atoms with E-state index in [2.05, 4.69) is 4.98 Å². The van der Waals surface area contributed by atoms with Gasteiger partial charge in [-0.05, 0) is 48.7 Å². The molecule has 2 aliphatic heterocycles. The molecule has 11 heteroatoms. The highest BCUT2D eigenvalue weighted by Gasteiger charge is 2.31. The smallest absolute Gasteiger partial charge is 0.355 e. The largest absolute Gasteiger partial charge is 0.417 e. The number of fused-ring (bicyclic) bond motifs is 1. The second-order valence-corrected chi connectivity index (χ2v) is 9.87. The lowest BCUT2D eigenvalue weighted by Crippen LogP contribution is -2.35. The number of halogens is 3. The number of aromatic nitrogens is 1. The van der Waals surface area contributed by atoms with E-state index >= 15 is 0 Å². The molecule has 1 amide bonds. The molecule has 0 atom stereocenters. The Hall–Kier alpha value is -2.82. The van der Waals surface area contributed by atoms with Crippen molar-refractivity contribution >= 4 is 27.4 Å². The molecule has 4 rings (SSSR count). The maximum Gasteiger partial charge on any atom is 0.417 e. The summed E-state index contributed by atoms with van der Waals surface area (Å²) < 4.78 is 63.4. The minimum absolute atomic E-state index is 0.146. The van der Waals surface area contributed by atoms with E-state index in [9.17, 15) is 26.4 Å². The van der Waals surface area contributed by atoms with Gasteiger partial charge in [-0.25, -0.2) is 13.4 Å². The summed E-state index contributed by atoms with van der Waals surface area (Å²) in [5.41, 5.74) is 1.14. The number of rotatable bonds is 3. The number of carbonyl (C=O) groups is 1. The summed E-state index contributed by atoms with van der Waals surface area (Å²) in [7, 11) is -3.35. The van der Waals surface area contributed by atoms with E-state index in [0.717, 1.165) is 24.1 Å². The molecule has 0 aliphatic carbocycles. The maximum absolute atomic E-state index is 13.1. The van der Waals surface area contributed by atoms with E-state index in [0.29, 0.717) is 62.6 Å². The fraction of sp³-hybridized carbons (Fsp3) is 0.429. The molecule has 0 unspecified atom stereocenters. The van der Waals surface area contributed by atoms with Gasteiger partial charge in [0.05, 0.1) is 17.5 Å². The Balaban J connectivity index is 1.44. The molecule has 0 N–H and O–H groups in total. The number of hydrogen-bond donors (Lipinski definition) is 0. The van der Waals surface area contributed by atoms with Gasteiger partial charge in [0.15, 0.2) is 0 Å². The quantitative estimate of drug-likeness (QED) is 0.693. The third-order valence-electron chi connectivity index (χ3n) is 5.76. The summed E-state index contributed by atoms with van der Waals surface area (Å²) in [6.07, 6.45) is -1.23.